The van der Waals surface area contributed by atoms with E-state index in [-0.39, 0.29) is 11.7 Å². The number of piperidine rings is 1. The van der Waals surface area contributed by atoms with Crippen LogP contribution in [0.2, 0.25) is 0 Å². The van der Waals surface area contributed by atoms with E-state index in [9.17, 15) is 13.2 Å². The molecule has 0 amide bonds. The van der Waals surface area contributed by atoms with Gasteiger partial charge < -0.3 is 10.2 Å². The van der Waals surface area contributed by atoms with E-state index in [1.54, 1.807) is 6.07 Å². The highest BCUT2D eigenvalue weighted by molar-refractivity contribution is 5.44. The first-order chi connectivity index (χ1) is 12.0. The van der Waals surface area contributed by atoms with Crippen molar-refractivity contribution in [1.82, 2.24) is 24.7 Å². The largest absolute Gasteiger partial charge is 0.453 e. The highest BCUT2D eigenvalue weighted by atomic mass is 19.4. The lowest BCUT2D eigenvalue weighted by Crippen LogP contribution is -2.43. The van der Waals surface area contributed by atoms with Crippen LogP contribution >= 0.6 is 0 Å². The average molecular weight is 354 g/mol. The summed E-state index contributed by atoms with van der Waals surface area (Å²) < 4.78 is 39.6. The Bertz CT molecular complexity index is 729. The first-order valence-electron chi connectivity index (χ1n) is 8.81. The molecular formula is C16H21F3N6. The Labute approximate surface area is 143 Å². The van der Waals surface area contributed by atoms with E-state index in [1.807, 2.05) is 0 Å². The molecule has 4 rings (SSSR count). The summed E-state index contributed by atoms with van der Waals surface area (Å²) in [5.41, 5.74) is 0.0916. The van der Waals surface area contributed by atoms with Crippen molar-refractivity contribution in [3.63, 3.8) is 0 Å². The van der Waals surface area contributed by atoms with Crippen LogP contribution in [-0.4, -0.2) is 49.9 Å². The molecule has 9 heteroatoms. The predicted octanol–water partition coefficient (Wildman–Crippen LogP) is 2.96. The molecule has 1 aliphatic heterocycles. The van der Waals surface area contributed by atoms with Crippen molar-refractivity contribution in [2.75, 3.05) is 18.4 Å². The Morgan fingerprint density at radius 3 is 2.40 bits per heavy atom. The van der Waals surface area contributed by atoms with Gasteiger partial charge in [-0.2, -0.15) is 17.7 Å². The Morgan fingerprint density at radius 1 is 1.00 bits per heavy atom. The molecule has 3 heterocycles. The third-order valence-electron chi connectivity index (χ3n) is 5.24. The minimum atomic E-state index is -4.57. The van der Waals surface area contributed by atoms with Gasteiger partial charge in [0.05, 0.1) is 0 Å². The van der Waals surface area contributed by atoms with Crippen LogP contribution in [0.4, 0.5) is 19.0 Å². The van der Waals surface area contributed by atoms with Gasteiger partial charge in [-0.3, -0.25) is 0 Å². The second kappa shape index (κ2) is 6.44. The third kappa shape index (κ3) is 3.42. The molecule has 0 atom stereocenters. The number of hydrogen-bond donors (Lipinski definition) is 1. The molecule has 0 radical (unpaired) electrons. The number of likely N-dealkylation sites (tertiary alicyclic amines) is 1. The van der Waals surface area contributed by atoms with E-state index in [0.29, 0.717) is 5.82 Å². The molecular weight excluding hydrogens is 333 g/mol. The van der Waals surface area contributed by atoms with Crippen molar-refractivity contribution in [3.8, 4) is 0 Å². The van der Waals surface area contributed by atoms with Crippen LogP contribution in [0.3, 0.4) is 0 Å². The number of nitrogens with one attached hydrogen (secondary N) is 1. The van der Waals surface area contributed by atoms with E-state index in [4.69, 9.17) is 0 Å². The van der Waals surface area contributed by atoms with Gasteiger partial charge in [-0.25, -0.2) is 0 Å². The Morgan fingerprint density at radius 2 is 1.72 bits per heavy atom. The van der Waals surface area contributed by atoms with Gasteiger partial charge >= 0.3 is 6.18 Å². The van der Waals surface area contributed by atoms with Gasteiger partial charge in [-0.15, -0.1) is 15.3 Å². The van der Waals surface area contributed by atoms with Crippen molar-refractivity contribution in [2.24, 2.45) is 0 Å². The summed E-state index contributed by atoms with van der Waals surface area (Å²) in [6.07, 6.45) is 2.63. The van der Waals surface area contributed by atoms with Crippen LogP contribution in [0.5, 0.6) is 0 Å². The van der Waals surface area contributed by atoms with Gasteiger partial charge in [0.1, 0.15) is 5.82 Å². The van der Waals surface area contributed by atoms with Crippen LogP contribution in [-0.2, 0) is 6.18 Å². The summed E-state index contributed by atoms with van der Waals surface area (Å²) in [6, 6.07) is 4.12. The second-order valence-electron chi connectivity index (χ2n) is 6.90. The fraction of sp³-hybridized carbons (Fsp3) is 0.688. The van der Waals surface area contributed by atoms with Crippen molar-refractivity contribution in [1.29, 1.82) is 0 Å². The Kier molecular flexibility index (Phi) is 4.26. The molecule has 2 aromatic rings. The normalized spacial score (nSPS) is 21.2. The van der Waals surface area contributed by atoms with Gasteiger partial charge in [0.25, 0.3) is 5.82 Å². The fourth-order valence-electron chi connectivity index (χ4n) is 3.93. The zero-order valence-electron chi connectivity index (χ0n) is 13.8. The summed E-state index contributed by atoms with van der Waals surface area (Å²) in [5.74, 6) is -0.667. The highest BCUT2D eigenvalue weighted by Gasteiger charge is 2.37. The lowest BCUT2D eigenvalue weighted by atomic mass is 10.0. The monoisotopic (exact) mass is 354 g/mol. The first kappa shape index (κ1) is 16.6. The zero-order valence-corrected chi connectivity index (χ0v) is 13.8. The molecule has 1 saturated carbocycles. The van der Waals surface area contributed by atoms with E-state index < -0.39 is 12.0 Å². The van der Waals surface area contributed by atoms with Gasteiger partial charge in [-0.05, 0) is 37.8 Å². The Hall–Kier alpha value is -1.90. The summed E-state index contributed by atoms with van der Waals surface area (Å²) in [6.45, 7) is 2.07. The van der Waals surface area contributed by atoms with Crippen molar-refractivity contribution in [3.05, 3.63) is 18.0 Å². The molecule has 0 spiro atoms. The number of anilines is 1. The maximum atomic E-state index is 12.9. The molecule has 1 aliphatic carbocycles. The quantitative estimate of drug-likeness (QED) is 0.918. The van der Waals surface area contributed by atoms with Crippen LogP contribution in [0.25, 0.3) is 5.65 Å². The van der Waals surface area contributed by atoms with Gasteiger partial charge in [0.15, 0.2) is 5.65 Å². The average Bonchev–Trinajstić information content (AvgIpc) is 3.24. The topological polar surface area (TPSA) is 58.4 Å². The molecule has 1 saturated heterocycles. The van der Waals surface area contributed by atoms with Crippen LogP contribution in [0.1, 0.15) is 44.3 Å². The molecule has 0 unspecified atom stereocenters. The smallest absolute Gasteiger partial charge is 0.366 e. The summed E-state index contributed by atoms with van der Waals surface area (Å²) in [7, 11) is 0. The van der Waals surface area contributed by atoms with Crippen LogP contribution in [0.15, 0.2) is 12.1 Å². The molecule has 25 heavy (non-hydrogen) atoms. The SMILES string of the molecule is FC(F)(F)c1nnc2ccc(NC3CCN(C4CCCC4)CC3)nn12. The maximum Gasteiger partial charge on any atom is 0.453 e. The minimum absolute atomic E-state index is 0.0916. The molecule has 2 fully saturated rings. The standard InChI is InChI=1S/C16H21F3N6/c17-16(18,19)15-22-21-14-6-5-13(23-25(14)15)20-11-7-9-24(10-8-11)12-3-1-2-4-12/h5-6,11-12H,1-4,7-10H2,(H,20,23). The summed E-state index contributed by atoms with van der Waals surface area (Å²) in [4.78, 5) is 2.56. The number of halogens is 3. The van der Waals surface area contributed by atoms with E-state index in [2.05, 4.69) is 25.5 Å². The van der Waals surface area contributed by atoms with Gasteiger partial charge in [-0.1, -0.05) is 12.8 Å². The molecule has 2 aliphatic rings. The predicted molar refractivity (Wildman–Crippen MR) is 86.3 cm³/mol. The number of alkyl halides is 3. The van der Waals surface area contributed by atoms with Crippen molar-refractivity contribution >= 4 is 11.5 Å². The van der Waals surface area contributed by atoms with Crippen LogP contribution in [0, 0.1) is 0 Å². The van der Waals surface area contributed by atoms with Crippen LogP contribution < -0.4 is 5.32 Å². The number of aromatic nitrogens is 4. The number of nitrogens with zero attached hydrogens (tertiary/aromatic N) is 5. The first-order valence-corrected chi connectivity index (χ1v) is 8.81. The number of fused-ring (bicyclic) bond motifs is 1. The fourth-order valence-corrected chi connectivity index (χ4v) is 3.93. The summed E-state index contributed by atoms with van der Waals surface area (Å²) in [5, 5.41) is 14.0. The van der Waals surface area contributed by atoms with Crippen molar-refractivity contribution in [2.45, 2.75) is 56.8 Å². The summed E-state index contributed by atoms with van der Waals surface area (Å²) >= 11 is 0. The number of hydrogen-bond acceptors (Lipinski definition) is 5. The molecule has 0 aromatic carbocycles. The minimum Gasteiger partial charge on any atom is -0.366 e. The maximum absolute atomic E-state index is 12.9. The third-order valence-corrected chi connectivity index (χ3v) is 5.24. The van der Waals surface area contributed by atoms with E-state index in [0.717, 1.165) is 36.5 Å². The highest BCUT2D eigenvalue weighted by Crippen LogP contribution is 2.29. The zero-order chi connectivity index (χ0) is 17.4. The molecule has 136 valence electrons. The molecule has 1 N–H and O–H groups in total. The lowest BCUT2D eigenvalue weighted by molar-refractivity contribution is -0.146. The molecule has 2 aromatic heterocycles. The van der Waals surface area contributed by atoms with Gasteiger partial charge in [0, 0.05) is 25.2 Å². The van der Waals surface area contributed by atoms with E-state index >= 15 is 0 Å². The Balaban J connectivity index is 1.43. The van der Waals surface area contributed by atoms with Gasteiger partial charge in [0.2, 0.25) is 0 Å². The molecule has 6 nitrogen and oxygen atoms in total. The second-order valence-corrected chi connectivity index (χ2v) is 6.90. The molecule has 0 bridgehead atoms. The van der Waals surface area contributed by atoms with Crippen molar-refractivity contribution < 1.29 is 13.2 Å². The van der Waals surface area contributed by atoms with E-state index in [1.165, 1.54) is 31.7 Å². The lowest BCUT2D eigenvalue weighted by Gasteiger charge is -2.36. The number of rotatable bonds is 3.